The maximum atomic E-state index is 14.5. The molecule has 1 fully saturated rings. The fourth-order valence-corrected chi connectivity index (χ4v) is 3.64. The highest BCUT2D eigenvalue weighted by molar-refractivity contribution is 9.10. The van der Waals surface area contributed by atoms with Crippen LogP contribution in [0.4, 0.5) is 9.18 Å². The van der Waals surface area contributed by atoms with E-state index in [2.05, 4.69) is 21.2 Å². The highest BCUT2D eigenvalue weighted by Gasteiger charge is 2.58. The minimum absolute atomic E-state index is 0.186. The highest BCUT2D eigenvalue weighted by Crippen LogP contribution is 2.48. The molecule has 0 radical (unpaired) electrons. The van der Waals surface area contributed by atoms with E-state index in [1.165, 1.54) is 0 Å². The first kappa shape index (κ1) is 17.8. The summed E-state index contributed by atoms with van der Waals surface area (Å²) in [6, 6.07) is 4.19. The van der Waals surface area contributed by atoms with Gasteiger partial charge in [0.2, 0.25) is 0 Å². The van der Waals surface area contributed by atoms with E-state index in [4.69, 9.17) is 4.74 Å². The van der Waals surface area contributed by atoms with Gasteiger partial charge in [-0.1, -0.05) is 22.0 Å². The van der Waals surface area contributed by atoms with E-state index in [0.717, 1.165) is 4.90 Å². The average Bonchev–Trinajstić information content (AvgIpc) is 2.86. The van der Waals surface area contributed by atoms with Gasteiger partial charge in [-0.25, -0.2) is 9.18 Å². The van der Waals surface area contributed by atoms with Gasteiger partial charge >= 0.3 is 12.0 Å². The number of esters is 1. The number of hydrogen-bond acceptors (Lipinski definition) is 4. The number of rotatable bonds is 2. The number of alkyl halides is 1. The van der Waals surface area contributed by atoms with Crippen molar-refractivity contribution < 1.29 is 23.5 Å². The smallest absolute Gasteiger partial charge is 0.326 e. The van der Waals surface area contributed by atoms with E-state index >= 15 is 0 Å². The van der Waals surface area contributed by atoms with Crippen molar-refractivity contribution in [2.45, 2.75) is 44.5 Å². The van der Waals surface area contributed by atoms with Crippen molar-refractivity contribution >= 4 is 33.8 Å². The molecule has 0 bridgehead atoms. The number of urea groups is 1. The molecule has 1 aliphatic carbocycles. The van der Waals surface area contributed by atoms with E-state index in [1.54, 1.807) is 39.0 Å². The topological polar surface area (TPSA) is 75.7 Å². The largest absolute Gasteiger partial charge is 0.459 e. The number of amides is 3. The quantitative estimate of drug-likeness (QED) is 0.598. The van der Waals surface area contributed by atoms with Crippen LogP contribution < -0.4 is 5.32 Å². The monoisotopic (exact) mass is 412 g/mol. The lowest BCUT2D eigenvalue weighted by molar-refractivity contribution is -0.157. The van der Waals surface area contributed by atoms with Gasteiger partial charge in [-0.15, -0.1) is 0 Å². The Morgan fingerprint density at radius 1 is 1.44 bits per heavy atom. The van der Waals surface area contributed by atoms with E-state index in [9.17, 15) is 18.8 Å². The second-order valence-corrected chi connectivity index (χ2v) is 8.13. The second kappa shape index (κ2) is 5.79. The Morgan fingerprint density at radius 2 is 2.12 bits per heavy atom. The van der Waals surface area contributed by atoms with E-state index < -0.39 is 41.8 Å². The standard InChI is InChI=1S/C17H18BrFN2O4/c1-16(2,3)25-13(22)8-21-14(23)17(20-15(21)24)7-12(19)10-6-9(18)4-5-11(10)17/h4-6,12H,7-8H2,1-3H3,(H,20,24)/t12-,17+/m1/s1. The summed E-state index contributed by atoms with van der Waals surface area (Å²) >= 11 is 3.28. The molecule has 2 atom stereocenters. The Bertz CT molecular complexity index is 776. The maximum absolute atomic E-state index is 14.5. The van der Waals surface area contributed by atoms with Gasteiger partial charge in [-0.3, -0.25) is 14.5 Å². The lowest BCUT2D eigenvalue weighted by atomic mass is 9.92. The molecular weight excluding hydrogens is 395 g/mol. The van der Waals surface area contributed by atoms with Crippen LogP contribution in [0.25, 0.3) is 0 Å². The van der Waals surface area contributed by atoms with Crippen LogP contribution in [0.15, 0.2) is 22.7 Å². The zero-order chi connectivity index (χ0) is 18.6. The maximum Gasteiger partial charge on any atom is 0.326 e. The third kappa shape index (κ3) is 3.03. The predicted octanol–water partition coefficient (Wildman–Crippen LogP) is 2.95. The molecule has 0 saturated carbocycles. The Balaban J connectivity index is 1.89. The van der Waals surface area contributed by atoms with Crippen LogP contribution in [-0.2, 0) is 19.9 Å². The molecule has 134 valence electrons. The number of benzene rings is 1. The minimum Gasteiger partial charge on any atom is -0.459 e. The summed E-state index contributed by atoms with van der Waals surface area (Å²) in [6.07, 6.45) is -1.56. The molecule has 1 heterocycles. The van der Waals surface area contributed by atoms with Crippen LogP contribution in [0, 0.1) is 0 Å². The van der Waals surface area contributed by atoms with Gasteiger partial charge < -0.3 is 10.1 Å². The van der Waals surface area contributed by atoms with Crippen LogP contribution in [-0.4, -0.2) is 35.0 Å². The molecule has 1 aromatic rings. The molecule has 2 aliphatic rings. The number of hydrogen-bond donors (Lipinski definition) is 1. The minimum atomic E-state index is -1.46. The molecule has 1 aromatic carbocycles. The first-order valence-corrected chi connectivity index (χ1v) is 8.63. The summed E-state index contributed by atoms with van der Waals surface area (Å²) in [7, 11) is 0. The van der Waals surface area contributed by atoms with Gasteiger partial charge in [0.25, 0.3) is 5.91 Å². The van der Waals surface area contributed by atoms with Crippen molar-refractivity contribution in [3.63, 3.8) is 0 Å². The Morgan fingerprint density at radius 3 is 2.76 bits per heavy atom. The fourth-order valence-electron chi connectivity index (χ4n) is 3.26. The summed E-state index contributed by atoms with van der Waals surface area (Å²) in [4.78, 5) is 38.0. The Kier molecular flexibility index (Phi) is 4.14. The molecular formula is C17H18BrFN2O4. The molecule has 3 rings (SSSR count). The van der Waals surface area contributed by atoms with Gasteiger partial charge in [0.15, 0.2) is 0 Å². The summed E-state index contributed by atoms with van der Waals surface area (Å²) in [5.74, 6) is -1.33. The van der Waals surface area contributed by atoms with E-state index in [1.807, 2.05) is 0 Å². The molecule has 1 N–H and O–H groups in total. The van der Waals surface area contributed by atoms with Crippen LogP contribution in [0.2, 0.25) is 0 Å². The molecule has 0 aromatic heterocycles. The first-order chi connectivity index (χ1) is 11.5. The highest BCUT2D eigenvalue weighted by atomic mass is 79.9. The van der Waals surface area contributed by atoms with Crippen molar-refractivity contribution in [1.29, 1.82) is 0 Å². The molecule has 25 heavy (non-hydrogen) atoms. The zero-order valence-corrected chi connectivity index (χ0v) is 15.6. The lowest BCUT2D eigenvalue weighted by Crippen LogP contribution is -2.43. The van der Waals surface area contributed by atoms with Gasteiger partial charge in [-0.2, -0.15) is 0 Å². The molecule has 1 spiro atoms. The third-order valence-electron chi connectivity index (χ3n) is 4.18. The number of imide groups is 1. The first-order valence-electron chi connectivity index (χ1n) is 7.83. The van der Waals surface area contributed by atoms with Gasteiger partial charge in [0.05, 0.1) is 0 Å². The average molecular weight is 413 g/mol. The Labute approximate surface area is 152 Å². The summed E-state index contributed by atoms with van der Waals surface area (Å²) in [6.45, 7) is 4.57. The van der Waals surface area contributed by atoms with Gasteiger partial charge in [0.1, 0.15) is 23.9 Å². The van der Waals surface area contributed by atoms with Crippen molar-refractivity contribution in [1.82, 2.24) is 10.2 Å². The van der Waals surface area contributed by atoms with Crippen LogP contribution >= 0.6 is 15.9 Å². The Hall–Kier alpha value is -1.96. The van der Waals surface area contributed by atoms with Crippen LogP contribution in [0.5, 0.6) is 0 Å². The number of ether oxygens (including phenoxy) is 1. The third-order valence-corrected chi connectivity index (χ3v) is 4.67. The molecule has 8 heteroatoms. The normalized spacial score (nSPS) is 25.3. The summed E-state index contributed by atoms with van der Waals surface area (Å²) < 4.78 is 20.3. The molecule has 3 amide bonds. The molecule has 1 saturated heterocycles. The number of fused-ring (bicyclic) bond motifs is 2. The number of nitrogens with zero attached hydrogens (tertiary/aromatic N) is 1. The fraction of sp³-hybridized carbons (Fsp3) is 0.471. The number of carbonyl (C=O) groups is 3. The molecule has 1 aliphatic heterocycles. The van der Waals surface area contributed by atoms with Crippen LogP contribution in [0.1, 0.15) is 44.5 Å². The van der Waals surface area contributed by atoms with Crippen molar-refractivity contribution in [2.75, 3.05) is 6.54 Å². The zero-order valence-electron chi connectivity index (χ0n) is 14.1. The predicted molar refractivity (Wildman–Crippen MR) is 90.4 cm³/mol. The second-order valence-electron chi connectivity index (χ2n) is 7.22. The van der Waals surface area contributed by atoms with E-state index in [0.29, 0.717) is 15.6 Å². The molecule has 6 nitrogen and oxygen atoms in total. The summed E-state index contributed by atoms with van der Waals surface area (Å²) in [5, 5.41) is 2.58. The number of carbonyl (C=O) groups excluding carboxylic acids is 3. The van der Waals surface area contributed by atoms with Gasteiger partial charge in [-0.05, 0) is 44.0 Å². The van der Waals surface area contributed by atoms with E-state index in [-0.39, 0.29) is 6.42 Å². The molecule has 0 unspecified atom stereocenters. The van der Waals surface area contributed by atoms with Gasteiger partial charge in [0, 0.05) is 10.9 Å². The SMILES string of the molecule is CC(C)(C)OC(=O)CN1C(=O)N[C@]2(C[C@@H](F)c3cc(Br)ccc32)C1=O. The lowest BCUT2D eigenvalue weighted by Gasteiger charge is -2.23. The van der Waals surface area contributed by atoms with Crippen molar-refractivity contribution in [3.05, 3.63) is 33.8 Å². The van der Waals surface area contributed by atoms with Crippen molar-refractivity contribution in [2.24, 2.45) is 0 Å². The number of halogens is 2. The number of nitrogens with one attached hydrogen (secondary N) is 1. The summed E-state index contributed by atoms with van der Waals surface area (Å²) in [5.41, 5.74) is -1.41. The van der Waals surface area contributed by atoms with Crippen molar-refractivity contribution in [3.8, 4) is 0 Å². The van der Waals surface area contributed by atoms with Crippen LogP contribution in [0.3, 0.4) is 0 Å².